The van der Waals surface area contributed by atoms with Gasteiger partial charge in [0.2, 0.25) is 0 Å². The smallest absolute Gasteiger partial charge is 0.0275 e. The Hall–Kier alpha value is -0.0800. The molecule has 4 atom stereocenters. The topological polar surface area (TPSA) is 15.3 Å². The van der Waals surface area contributed by atoms with Gasteiger partial charge in [-0.2, -0.15) is 0 Å². The molecule has 2 aliphatic rings. The Balaban J connectivity index is 1.97. The van der Waals surface area contributed by atoms with Gasteiger partial charge in [0.1, 0.15) is 0 Å². The second-order valence-electron chi connectivity index (χ2n) is 8.22. The number of nitrogens with zero attached hydrogens (tertiary/aromatic N) is 1. The van der Waals surface area contributed by atoms with Gasteiger partial charge in [0.05, 0.1) is 0 Å². The third-order valence-corrected chi connectivity index (χ3v) is 6.02. The Morgan fingerprint density at radius 2 is 1.76 bits per heavy atom. The van der Waals surface area contributed by atoms with Crippen molar-refractivity contribution in [3.05, 3.63) is 0 Å². The molecule has 2 nitrogen and oxygen atoms in total. The fraction of sp³-hybridized carbons (Fsp3) is 1.00. The summed E-state index contributed by atoms with van der Waals surface area (Å²) in [5.41, 5.74) is 0. The number of likely N-dealkylation sites (tertiary alicyclic amines) is 1. The molecule has 2 heteroatoms. The van der Waals surface area contributed by atoms with Crippen LogP contribution in [0.4, 0.5) is 0 Å². The van der Waals surface area contributed by atoms with Gasteiger partial charge in [-0.3, -0.25) is 4.90 Å². The minimum atomic E-state index is 0.722. The van der Waals surface area contributed by atoms with Gasteiger partial charge in [-0.25, -0.2) is 0 Å². The van der Waals surface area contributed by atoms with Gasteiger partial charge in [0.25, 0.3) is 0 Å². The fourth-order valence-electron chi connectivity index (χ4n) is 4.87. The zero-order valence-corrected chi connectivity index (χ0v) is 15.1. The third-order valence-electron chi connectivity index (χ3n) is 6.02. The van der Waals surface area contributed by atoms with E-state index in [2.05, 4.69) is 44.8 Å². The molecule has 1 saturated heterocycles. The number of rotatable bonds is 5. The van der Waals surface area contributed by atoms with Crippen molar-refractivity contribution in [2.75, 3.05) is 19.6 Å². The lowest BCUT2D eigenvalue weighted by atomic mass is 9.74. The molecule has 0 amide bonds. The van der Waals surface area contributed by atoms with Gasteiger partial charge in [0.15, 0.2) is 0 Å². The van der Waals surface area contributed by atoms with E-state index in [4.69, 9.17) is 0 Å². The average Bonchev–Trinajstić information content (AvgIpc) is 2.44. The van der Waals surface area contributed by atoms with Gasteiger partial charge in [-0.15, -0.1) is 0 Å². The highest BCUT2D eigenvalue weighted by atomic mass is 15.2. The Morgan fingerprint density at radius 1 is 1.10 bits per heavy atom. The van der Waals surface area contributed by atoms with Crippen molar-refractivity contribution in [1.29, 1.82) is 0 Å². The lowest BCUT2D eigenvalue weighted by Crippen LogP contribution is -2.58. The summed E-state index contributed by atoms with van der Waals surface area (Å²) in [7, 11) is 0. The molecule has 4 unspecified atom stereocenters. The Bertz CT molecular complexity index is 294. The molecule has 21 heavy (non-hydrogen) atoms. The molecule has 1 saturated carbocycles. The van der Waals surface area contributed by atoms with Crippen LogP contribution < -0.4 is 5.32 Å². The molecule has 124 valence electrons. The zero-order chi connectivity index (χ0) is 15.4. The monoisotopic (exact) mass is 294 g/mol. The van der Waals surface area contributed by atoms with Crippen LogP contribution in [-0.4, -0.2) is 36.6 Å². The predicted octanol–water partition coefficient (Wildman–Crippen LogP) is 4.16. The van der Waals surface area contributed by atoms with E-state index in [1.807, 2.05) is 0 Å². The van der Waals surface area contributed by atoms with Crippen molar-refractivity contribution in [1.82, 2.24) is 10.2 Å². The van der Waals surface area contributed by atoms with Crippen LogP contribution in [0.15, 0.2) is 0 Å². The van der Waals surface area contributed by atoms with Crippen molar-refractivity contribution in [2.45, 2.75) is 78.8 Å². The van der Waals surface area contributed by atoms with Crippen LogP contribution in [-0.2, 0) is 0 Å². The Kier molecular flexibility index (Phi) is 6.55. The van der Waals surface area contributed by atoms with Gasteiger partial charge in [-0.05, 0) is 75.4 Å². The molecule has 2 rings (SSSR count). The Morgan fingerprint density at radius 3 is 2.33 bits per heavy atom. The summed E-state index contributed by atoms with van der Waals surface area (Å²) in [6, 6.07) is 1.50. The van der Waals surface area contributed by atoms with E-state index in [0.29, 0.717) is 0 Å². The Labute approximate surface area is 133 Å². The lowest BCUT2D eigenvalue weighted by Gasteiger charge is -2.48. The summed E-state index contributed by atoms with van der Waals surface area (Å²) in [5.74, 6) is 3.56. The number of piperidine rings is 1. The minimum absolute atomic E-state index is 0.722. The molecule has 0 radical (unpaired) electrons. The van der Waals surface area contributed by atoms with Crippen molar-refractivity contribution in [3.63, 3.8) is 0 Å². The maximum Gasteiger partial charge on any atom is 0.0275 e. The predicted molar refractivity (Wildman–Crippen MR) is 92.6 cm³/mol. The molecule has 2 fully saturated rings. The molecule has 0 aromatic heterocycles. The molecule has 0 spiro atoms. The van der Waals surface area contributed by atoms with Gasteiger partial charge >= 0.3 is 0 Å². The number of hydrogen-bond acceptors (Lipinski definition) is 2. The summed E-state index contributed by atoms with van der Waals surface area (Å²) in [5, 5.41) is 3.87. The summed E-state index contributed by atoms with van der Waals surface area (Å²) >= 11 is 0. The van der Waals surface area contributed by atoms with Crippen molar-refractivity contribution in [3.8, 4) is 0 Å². The number of nitrogens with one attached hydrogen (secondary N) is 1. The van der Waals surface area contributed by atoms with Crippen molar-refractivity contribution in [2.24, 2.45) is 23.7 Å². The fourth-order valence-corrected chi connectivity index (χ4v) is 4.87. The van der Waals surface area contributed by atoms with Crippen molar-refractivity contribution < 1.29 is 0 Å². The second kappa shape index (κ2) is 7.97. The standard InChI is InChI=1S/C19H38N2/c1-6-9-20-18-13-15(4)12-16(5)19(18)21-10-7-17(8-11-21)14(2)3/h14-20H,6-13H2,1-5H3. The van der Waals surface area contributed by atoms with Gasteiger partial charge in [-0.1, -0.05) is 34.6 Å². The van der Waals surface area contributed by atoms with E-state index in [-0.39, 0.29) is 0 Å². The molecule has 1 aliphatic carbocycles. The van der Waals surface area contributed by atoms with E-state index in [1.54, 1.807) is 0 Å². The number of hydrogen-bond donors (Lipinski definition) is 1. The van der Waals surface area contributed by atoms with Crippen molar-refractivity contribution >= 4 is 0 Å². The van der Waals surface area contributed by atoms with Gasteiger partial charge < -0.3 is 5.32 Å². The first-order valence-corrected chi connectivity index (χ1v) is 9.50. The lowest BCUT2D eigenvalue weighted by molar-refractivity contribution is 0.0305. The first-order chi connectivity index (χ1) is 10.0. The van der Waals surface area contributed by atoms with Crippen LogP contribution in [0, 0.1) is 23.7 Å². The summed E-state index contributed by atoms with van der Waals surface area (Å²) in [4.78, 5) is 2.84. The summed E-state index contributed by atoms with van der Waals surface area (Å²) in [6.45, 7) is 15.9. The highest BCUT2D eigenvalue weighted by Crippen LogP contribution is 2.35. The van der Waals surface area contributed by atoms with Crippen LogP contribution in [0.1, 0.15) is 66.7 Å². The SMILES string of the molecule is CCCNC1CC(C)CC(C)C1N1CCC(C(C)C)CC1. The quantitative estimate of drug-likeness (QED) is 0.819. The first kappa shape index (κ1) is 17.3. The largest absolute Gasteiger partial charge is 0.312 e. The van der Waals surface area contributed by atoms with Crippen LogP contribution in [0.3, 0.4) is 0 Å². The summed E-state index contributed by atoms with van der Waals surface area (Å²) < 4.78 is 0. The van der Waals surface area contributed by atoms with Crippen LogP contribution in [0.2, 0.25) is 0 Å². The molecule has 0 bridgehead atoms. The molecule has 0 aromatic rings. The van der Waals surface area contributed by atoms with E-state index in [9.17, 15) is 0 Å². The molecular formula is C19H38N2. The third kappa shape index (κ3) is 4.45. The molecular weight excluding hydrogens is 256 g/mol. The second-order valence-corrected chi connectivity index (χ2v) is 8.22. The maximum absolute atomic E-state index is 3.87. The molecule has 1 heterocycles. The molecule has 1 N–H and O–H groups in total. The van der Waals surface area contributed by atoms with E-state index >= 15 is 0 Å². The average molecular weight is 295 g/mol. The van der Waals surface area contributed by atoms with E-state index < -0.39 is 0 Å². The van der Waals surface area contributed by atoms with Gasteiger partial charge in [0, 0.05) is 12.1 Å². The highest BCUT2D eigenvalue weighted by molar-refractivity contribution is 4.95. The van der Waals surface area contributed by atoms with E-state index in [0.717, 1.165) is 35.8 Å². The van der Waals surface area contributed by atoms with Crippen LogP contribution in [0.25, 0.3) is 0 Å². The normalized spacial score (nSPS) is 36.3. The van der Waals surface area contributed by atoms with Crippen LogP contribution in [0.5, 0.6) is 0 Å². The van der Waals surface area contributed by atoms with Crippen LogP contribution >= 0.6 is 0 Å². The van der Waals surface area contributed by atoms with E-state index in [1.165, 1.54) is 51.7 Å². The summed E-state index contributed by atoms with van der Waals surface area (Å²) in [6.07, 6.45) is 6.87. The molecule has 0 aromatic carbocycles. The molecule has 1 aliphatic heterocycles. The highest BCUT2D eigenvalue weighted by Gasteiger charge is 2.38. The minimum Gasteiger partial charge on any atom is -0.312 e. The zero-order valence-electron chi connectivity index (χ0n) is 15.1. The maximum atomic E-state index is 3.87. The first-order valence-electron chi connectivity index (χ1n) is 9.50.